The third kappa shape index (κ3) is 3.39. The number of aromatic nitrogens is 2. The standard InChI is InChI=1S/C17H22N4OS/c1-13-4-5-16(20-19-13)18-14-9-17(22-11-14)6-7-21(12-17)10-15-3-2-8-23-15/h2-5,8,14H,6-7,9-12H2,1H3,(H,18,20)/t14-,17-/m0/s1. The highest BCUT2D eigenvalue weighted by molar-refractivity contribution is 7.09. The second-order valence-corrected chi connectivity index (χ2v) is 7.67. The van der Waals surface area contributed by atoms with E-state index < -0.39 is 0 Å². The van der Waals surface area contributed by atoms with Gasteiger partial charge in [-0.05, 0) is 36.9 Å². The van der Waals surface area contributed by atoms with Gasteiger partial charge in [0.1, 0.15) is 5.82 Å². The van der Waals surface area contributed by atoms with Gasteiger partial charge in [-0.15, -0.1) is 16.4 Å². The van der Waals surface area contributed by atoms with E-state index in [0.29, 0.717) is 6.04 Å². The average molecular weight is 330 g/mol. The third-order valence-electron chi connectivity index (χ3n) is 4.71. The van der Waals surface area contributed by atoms with E-state index in [1.165, 1.54) is 4.88 Å². The molecule has 2 saturated heterocycles. The molecule has 0 bridgehead atoms. The fraction of sp³-hybridized carbons (Fsp3) is 0.529. The summed E-state index contributed by atoms with van der Waals surface area (Å²) in [6.45, 7) is 5.90. The van der Waals surface area contributed by atoms with Crippen LogP contribution < -0.4 is 5.32 Å². The van der Waals surface area contributed by atoms with Crippen molar-refractivity contribution in [2.45, 2.75) is 38.0 Å². The molecule has 0 amide bonds. The molecule has 0 radical (unpaired) electrons. The number of ether oxygens (including phenoxy) is 1. The first-order valence-corrected chi connectivity index (χ1v) is 9.04. The van der Waals surface area contributed by atoms with Gasteiger partial charge in [0.25, 0.3) is 0 Å². The molecule has 0 unspecified atom stereocenters. The summed E-state index contributed by atoms with van der Waals surface area (Å²) in [5.41, 5.74) is 0.960. The van der Waals surface area contributed by atoms with Gasteiger partial charge in [0.15, 0.2) is 0 Å². The first-order valence-electron chi connectivity index (χ1n) is 8.16. The molecule has 0 aromatic carbocycles. The molecule has 4 rings (SSSR count). The molecule has 5 nitrogen and oxygen atoms in total. The number of anilines is 1. The quantitative estimate of drug-likeness (QED) is 0.934. The van der Waals surface area contributed by atoms with Crippen molar-refractivity contribution in [2.24, 2.45) is 0 Å². The molecular weight excluding hydrogens is 308 g/mol. The summed E-state index contributed by atoms with van der Waals surface area (Å²) in [6.07, 6.45) is 2.17. The molecule has 0 saturated carbocycles. The monoisotopic (exact) mass is 330 g/mol. The lowest BCUT2D eigenvalue weighted by molar-refractivity contribution is 0.0120. The number of hydrogen-bond acceptors (Lipinski definition) is 6. The average Bonchev–Trinajstić information content (AvgIpc) is 3.26. The van der Waals surface area contributed by atoms with Crippen LogP contribution in [0.1, 0.15) is 23.4 Å². The second kappa shape index (κ2) is 6.19. The van der Waals surface area contributed by atoms with Gasteiger partial charge in [-0.25, -0.2) is 0 Å². The number of likely N-dealkylation sites (tertiary alicyclic amines) is 1. The maximum absolute atomic E-state index is 6.21. The molecular formula is C17H22N4OS. The van der Waals surface area contributed by atoms with E-state index in [0.717, 1.165) is 50.6 Å². The molecule has 2 aliphatic rings. The number of aryl methyl sites for hydroxylation is 1. The van der Waals surface area contributed by atoms with Crippen LogP contribution in [0.5, 0.6) is 0 Å². The molecule has 2 aliphatic heterocycles. The lowest BCUT2D eigenvalue weighted by atomic mass is 9.97. The van der Waals surface area contributed by atoms with Gasteiger partial charge >= 0.3 is 0 Å². The van der Waals surface area contributed by atoms with E-state index in [-0.39, 0.29) is 5.60 Å². The van der Waals surface area contributed by atoms with Gasteiger partial charge in [-0.2, -0.15) is 5.10 Å². The highest BCUT2D eigenvalue weighted by Crippen LogP contribution is 2.36. The maximum Gasteiger partial charge on any atom is 0.148 e. The van der Waals surface area contributed by atoms with Crippen LogP contribution in [-0.2, 0) is 11.3 Å². The Morgan fingerprint density at radius 2 is 2.35 bits per heavy atom. The van der Waals surface area contributed by atoms with Crippen LogP contribution in [0.25, 0.3) is 0 Å². The Morgan fingerprint density at radius 3 is 3.13 bits per heavy atom. The molecule has 23 heavy (non-hydrogen) atoms. The molecule has 122 valence electrons. The summed E-state index contributed by atoms with van der Waals surface area (Å²) >= 11 is 1.83. The summed E-state index contributed by atoms with van der Waals surface area (Å²) in [4.78, 5) is 3.95. The van der Waals surface area contributed by atoms with Gasteiger partial charge in [-0.1, -0.05) is 6.07 Å². The Kier molecular flexibility index (Phi) is 4.05. The molecule has 2 fully saturated rings. The van der Waals surface area contributed by atoms with Crippen LogP contribution in [0.15, 0.2) is 29.6 Å². The number of hydrogen-bond donors (Lipinski definition) is 1. The number of nitrogens with zero attached hydrogens (tertiary/aromatic N) is 3. The number of rotatable bonds is 4. The fourth-order valence-corrected chi connectivity index (χ4v) is 4.34. The fourth-order valence-electron chi connectivity index (χ4n) is 3.59. The molecule has 0 aliphatic carbocycles. The minimum atomic E-state index is 0.0209. The maximum atomic E-state index is 6.21. The van der Waals surface area contributed by atoms with Crippen molar-refractivity contribution in [3.63, 3.8) is 0 Å². The zero-order valence-electron chi connectivity index (χ0n) is 13.4. The molecule has 2 aromatic heterocycles. The Morgan fingerprint density at radius 1 is 1.39 bits per heavy atom. The van der Waals surface area contributed by atoms with E-state index >= 15 is 0 Å². The Balaban J connectivity index is 1.33. The summed E-state index contributed by atoms with van der Waals surface area (Å²) in [5, 5.41) is 13.9. The first-order chi connectivity index (χ1) is 11.2. The van der Waals surface area contributed by atoms with Gasteiger partial charge in [-0.3, -0.25) is 4.90 Å². The Labute approximate surface area is 140 Å². The van der Waals surface area contributed by atoms with E-state index in [1.807, 2.05) is 30.4 Å². The normalized spacial score (nSPS) is 27.8. The van der Waals surface area contributed by atoms with Gasteiger partial charge in [0.05, 0.1) is 23.9 Å². The lowest BCUT2D eigenvalue weighted by Gasteiger charge is -2.23. The van der Waals surface area contributed by atoms with Crippen molar-refractivity contribution >= 4 is 17.2 Å². The summed E-state index contributed by atoms with van der Waals surface area (Å²) < 4.78 is 6.21. The molecule has 6 heteroatoms. The zero-order chi connectivity index (χ0) is 15.7. The Hall–Kier alpha value is -1.50. The first kappa shape index (κ1) is 15.1. The van der Waals surface area contributed by atoms with E-state index in [2.05, 4.69) is 37.9 Å². The van der Waals surface area contributed by atoms with Crippen LogP contribution in [0, 0.1) is 6.92 Å². The van der Waals surface area contributed by atoms with Crippen LogP contribution in [-0.4, -0.2) is 46.4 Å². The van der Waals surface area contributed by atoms with E-state index in [9.17, 15) is 0 Å². The topological polar surface area (TPSA) is 50.3 Å². The van der Waals surface area contributed by atoms with Crippen molar-refractivity contribution in [1.82, 2.24) is 15.1 Å². The molecule has 2 atom stereocenters. The van der Waals surface area contributed by atoms with E-state index in [4.69, 9.17) is 4.74 Å². The molecule has 4 heterocycles. The summed E-state index contributed by atoms with van der Waals surface area (Å²) in [5.74, 6) is 0.842. The highest BCUT2D eigenvalue weighted by atomic mass is 32.1. The van der Waals surface area contributed by atoms with Crippen molar-refractivity contribution in [3.05, 3.63) is 40.2 Å². The predicted molar refractivity (Wildman–Crippen MR) is 91.7 cm³/mol. The van der Waals surface area contributed by atoms with Crippen molar-refractivity contribution in [2.75, 3.05) is 25.0 Å². The SMILES string of the molecule is Cc1ccc(N[C@@H]2CO[C@@]3(CCN(Cc4cccs4)C3)C2)nn1. The zero-order valence-corrected chi connectivity index (χ0v) is 14.2. The molecule has 1 spiro atoms. The summed E-state index contributed by atoms with van der Waals surface area (Å²) in [6, 6.07) is 8.64. The third-order valence-corrected chi connectivity index (χ3v) is 5.58. The smallest absolute Gasteiger partial charge is 0.148 e. The molecule has 2 aromatic rings. The minimum absolute atomic E-state index is 0.0209. The minimum Gasteiger partial charge on any atom is -0.371 e. The second-order valence-electron chi connectivity index (χ2n) is 6.64. The van der Waals surface area contributed by atoms with E-state index in [1.54, 1.807) is 0 Å². The van der Waals surface area contributed by atoms with Crippen LogP contribution in [0.3, 0.4) is 0 Å². The Bertz CT molecular complexity index is 645. The van der Waals surface area contributed by atoms with Crippen molar-refractivity contribution in [1.29, 1.82) is 0 Å². The summed E-state index contributed by atoms with van der Waals surface area (Å²) in [7, 11) is 0. The highest BCUT2D eigenvalue weighted by Gasteiger charge is 2.45. The van der Waals surface area contributed by atoms with Gasteiger partial charge in [0.2, 0.25) is 0 Å². The van der Waals surface area contributed by atoms with Crippen LogP contribution in [0.2, 0.25) is 0 Å². The molecule has 1 N–H and O–H groups in total. The van der Waals surface area contributed by atoms with Gasteiger partial charge < -0.3 is 10.1 Å². The van der Waals surface area contributed by atoms with Crippen LogP contribution in [0.4, 0.5) is 5.82 Å². The van der Waals surface area contributed by atoms with Crippen LogP contribution >= 0.6 is 11.3 Å². The van der Waals surface area contributed by atoms with Crippen molar-refractivity contribution in [3.8, 4) is 0 Å². The number of nitrogens with one attached hydrogen (secondary N) is 1. The van der Waals surface area contributed by atoms with Crippen molar-refractivity contribution < 1.29 is 4.74 Å². The lowest BCUT2D eigenvalue weighted by Crippen LogP contribution is -2.33. The predicted octanol–water partition coefficient (Wildman–Crippen LogP) is 2.69. The largest absolute Gasteiger partial charge is 0.371 e. The number of thiophene rings is 1. The van der Waals surface area contributed by atoms with Gasteiger partial charge in [0, 0.05) is 30.9 Å².